The van der Waals surface area contributed by atoms with Crippen molar-refractivity contribution in [1.29, 1.82) is 0 Å². The Morgan fingerprint density at radius 1 is 0.929 bits per heavy atom. The molecular weight excluding hydrogens is 419 g/mol. The predicted octanol–water partition coefficient (Wildman–Crippen LogP) is 2.92. The number of hydrogen-bond donors (Lipinski definition) is 1. The third-order valence-corrected chi connectivity index (χ3v) is 8.15. The van der Waals surface area contributed by atoms with Crippen molar-refractivity contribution in [1.82, 2.24) is 0 Å². The minimum atomic E-state index is -0.987. The van der Waals surface area contributed by atoms with Crippen molar-refractivity contribution in [2.45, 2.75) is 10.2 Å². The van der Waals surface area contributed by atoms with Crippen LogP contribution in [0.2, 0.25) is 0 Å². The van der Waals surface area contributed by atoms with E-state index in [9.17, 15) is 14.9 Å². The quantitative estimate of drug-likeness (QED) is 0.366. The molecule has 1 aliphatic heterocycles. The van der Waals surface area contributed by atoms with Crippen molar-refractivity contribution in [3.8, 4) is 0 Å². The summed E-state index contributed by atoms with van der Waals surface area (Å²) in [7, 11) is 0. The van der Waals surface area contributed by atoms with Crippen LogP contribution in [-0.4, -0.2) is 32.3 Å². The van der Waals surface area contributed by atoms with Gasteiger partial charge in [-0.3, -0.25) is 0 Å². The Morgan fingerprint density at radius 3 is 2.21 bits per heavy atom. The average Bonchev–Trinajstić information content (AvgIpc) is 2.99. The molecule has 0 saturated heterocycles. The van der Waals surface area contributed by atoms with Gasteiger partial charge in [-0.1, -0.05) is 0 Å². The summed E-state index contributed by atoms with van der Waals surface area (Å²) in [5.41, 5.74) is 2.40. The van der Waals surface area contributed by atoms with Crippen LogP contribution in [0.25, 0.3) is 0 Å². The summed E-state index contributed by atoms with van der Waals surface area (Å²) in [6.07, 6.45) is 0. The first-order valence-electron chi connectivity index (χ1n) is 8.93. The summed E-state index contributed by atoms with van der Waals surface area (Å²) in [4.78, 5) is 24.8. The van der Waals surface area contributed by atoms with Crippen LogP contribution in [0.5, 0.6) is 0 Å². The van der Waals surface area contributed by atoms with Gasteiger partial charge in [-0.2, -0.15) is 0 Å². The van der Waals surface area contributed by atoms with Crippen LogP contribution in [0.15, 0.2) is 84.9 Å². The zero-order valence-electron chi connectivity index (χ0n) is 14.9. The van der Waals surface area contributed by atoms with Crippen molar-refractivity contribution in [2.24, 2.45) is 0 Å². The Bertz CT molecular complexity index is 1010. The van der Waals surface area contributed by atoms with Crippen molar-refractivity contribution in [3.63, 3.8) is 0 Å². The van der Waals surface area contributed by atoms with Crippen molar-refractivity contribution in [2.75, 3.05) is 11.9 Å². The van der Waals surface area contributed by atoms with E-state index in [4.69, 9.17) is 0 Å². The SMILES string of the molecule is O=C1Nc2ccccc2[C@@]1([Se]c1ccccc1)[C@H](C[N+](=O)[O-])c1ccccc1. The fourth-order valence-corrected chi connectivity index (χ4v) is 6.79. The summed E-state index contributed by atoms with van der Waals surface area (Å²) in [5.74, 6) is -0.721. The maximum absolute atomic E-state index is 13.4. The van der Waals surface area contributed by atoms with Crippen molar-refractivity contribution in [3.05, 3.63) is 106 Å². The Morgan fingerprint density at radius 2 is 1.54 bits per heavy atom. The van der Waals surface area contributed by atoms with Gasteiger partial charge in [0, 0.05) is 0 Å². The fraction of sp³-hybridized carbons (Fsp3) is 0.136. The van der Waals surface area contributed by atoms with Crippen LogP contribution >= 0.6 is 0 Å². The van der Waals surface area contributed by atoms with Crippen LogP contribution < -0.4 is 9.78 Å². The summed E-state index contributed by atoms with van der Waals surface area (Å²) in [6, 6.07) is 26.7. The van der Waals surface area contributed by atoms with Gasteiger partial charge in [-0.05, 0) is 0 Å². The molecule has 0 fully saturated rings. The normalized spacial score (nSPS) is 18.9. The zero-order valence-corrected chi connectivity index (χ0v) is 16.7. The van der Waals surface area contributed by atoms with E-state index in [0.717, 1.165) is 21.3 Å². The molecule has 28 heavy (non-hydrogen) atoms. The van der Waals surface area contributed by atoms with Gasteiger partial charge in [0.25, 0.3) is 0 Å². The Balaban J connectivity index is 1.94. The van der Waals surface area contributed by atoms with E-state index < -0.39 is 10.2 Å². The zero-order chi connectivity index (χ0) is 19.6. The van der Waals surface area contributed by atoms with Gasteiger partial charge in [0.05, 0.1) is 0 Å². The Labute approximate surface area is 169 Å². The Kier molecular flexibility index (Phi) is 4.99. The van der Waals surface area contributed by atoms with E-state index in [2.05, 4.69) is 5.32 Å². The average molecular weight is 437 g/mol. The molecule has 4 rings (SSSR count). The third kappa shape index (κ3) is 3.21. The Hall–Kier alpha value is -2.95. The first kappa shape index (κ1) is 18.4. The molecule has 140 valence electrons. The van der Waals surface area contributed by atoms with Gasteiger partial charge >= 0.3 is 169 Å². The number of rotatable bonds is 6. The van der Waals surface area contributed by atoms with E-state index in [1.54, 1.807) is 0 Å². The molecule has 1 N–H and O–H groups in total. The number of nitrogens with one attached hydrogen (secondary N) is 1. The molecule has 3 aromatic rings. The van der Waals surface area contributed by atoms with E-state index in [0.29, 0.717) is 0 Å². The van der Waals surface area contributed by atoms with E-state index in [1.807, 2.05) is 84.9 Å². The van der Waals surface area contributed by atoms with Crippen LogP contribution in [0.3, 0.4) is 0 Å². The number of para-hydroxylation sites is 1. The summed E-state index contributed by atoms with van der Waals surface area (Å²) < 4.78 is 0.0467. The number of amides is 1. The molecule has 0 saturated carbocycles. The molecular formula is C22H18N2O3Se. The van der Waals surface area contributed by atoms with Crippen LogP contribution in [0.4, 0.5) is 5.69 Å². The van der Waals surface area contributed by atoms with Gasteiger partial charge in [0.15, 0.2) is 0 Å². The summed E-state index contributed by atoms with van der Waals surface area (Å²) in [5, 5.41) is 14.6. The third-order valence-electron chi connectivity index (χ3n) is 4.96. The van der Waals surface area contributed by atoms with Gasteiger partial charge in [-0.25, -0.2) is 0 Å². The number of benzene rings is 3. The number of hydrogen-bond acceptors (Lipinski definition) is 3. The fourth-order valence-electron chi connectivity index (χ4n) is 3.75. The maximum atomic E-state index is 13.4. The number of nitro groups is 1. The minimum absolute atomic E-state index is 0.159. The van der Waals surface area contributed by atoms with E-state index in [1.165, 1.54) is 0 Å². The molecule has 6 heteroatoms. The van der Waals surface area contributed by atoms with Crippen molar-refractivity contribution >= 4 is 31.0 Å². The molecule has 5 nitrogen and oxygen atoms in total. The molecule has 3 aromatic carbocycles. The standard InChI is InChI=1S/C22H18N2O3Se/c25-21-22(28-17-11-5-2-6-12-17,18-13-7-8-14-20(18)23-21)19(15-24(26)27)16-9-3-1-4-10-16/h1-14,19H,15H2,(H,23,25)/t19-,22-/m1/s1. The first-order valence-corrected chi connectivity index (χ1v) is 10.6. The molecule has 0 bridgehead atoms. The molecule has 0 spiro atoms. The van der Waals surface area contributed by atoms with Gasteiger partial charge in [0.2, 0.25) is 0 Å². The molecule has 2 atom stereocenters. The van der Waals surface area contributed by atoms with Gasteiger partial charge < -0.3 is 0 Å². The molecule has 0 aromatic heterocycles. The molecule has 0 radical (unpaired) electrons. The molecule has 0 aliphatic carbocycles. The molecule has 1 amide bonds. The predicted molar refractivity (Wildman–Crippen MR) is 110 cm³/mol. The van der Waals surface area contributed by atoms with Crippen LogP contribution in [0.1, 0.15) is 17.0 Å². The first-order chi connectivity index (χ1) is 13.6. The van der Waals surface area contributed by atoms with E-state index >= 15 is 0 Å². The number of carbonyl (C=O) groups excluding carboxylic acids is 1. The van der Waals surface area contributed by atoms with Crippen LogP contribution in [-0.2, 0) is 9.11 Å². The monoisotopic (exact) mass is 438 g/mol. The number of fused-ring (bicyclic) bond motifs is 1. The van der Waals surface area contributed by atoms with E-state index in [-0.39, 0.29) is 32.3 Å². The van der Waals surface area contributed by atoms with Gasteiger partial charge in [-0.15, -0.1) is 0 Å². The summed E-state index contributed by atoms with van der Waals surface area (Å²) in [6.45, 7) is -0.305. The number of anilines is 1. The second-order valence-electron chi connectivity index (χ2n) is 6.63. The number of nitrogens with zero attached hydrogens (tertiary/aromatic N) is 1. The summed E-state index contributed by atoms with van der Waals surface area (Å²) >= 11 is -0.346. The van der Waals surface area contributed by atoms with Gasteiger partial charge in [0.1, 0.15) is 0 Å². The van der Waals surface area contributed by atoms with Crippen molar-refractivity contribution < 1.29 is 9.72 Å². The topological polar surface area (TPSA) is 72.2 Å². The van der Waals surface area contributed by atoms with Crippen LogP contribution in [0, 0.1) is 10.1 Å². The molecule has 1 aliphatic rings. The second kappa shape index (κ2) is 7.58. The molecule has 0 unspecified atom stereocenters. The second-order valence-corrected chi connectivity index (χ2v) is 9.40. The molecule has 1 heterocycles. The number of carbonyl (C=O) groups is 1.